The summed E-state index contributed by atoms with van der Waals surface area (Å²) in [6, 6.07) is 21.4. The maximum absolute atomic E-state index is 14.2. The lowest BCUT2D eigenvalue weighted by Crippen LogP contribution is -2.61. The van der Waals surface area contributed by atoms with E-state index < -0.39 is 0 Å². The van der Waals surface area contributed by atoms with Crippen molar-refractivity contribution in [1.82, 2.24) is 15.1 Å². The summed E-state index contributed by atoms with van der Waals surface area (Å²) in [6.45, 7) is 3.63. The van der Waals surface area contributed by atoms with Crippen LogP contribution in [0.4, 0.5) is 0 Å². The number of nitrogens with one attached hydrogen (secondary N) is 1. The molecule has 8 nitrogen and oxygen atoms in total. The normalized spacial score (nSPS) is 17.7. The Balaban J connectivity index is 1.35. The van der Waals surface area contributed by atoms with Gasteiger partial charge in [-0.3, -0.25) is 9.59 Å². The fraction of sp³-hybridized carbons (Fsp3) is 0.371. The Morgan fingerprint density at radius 1 is 0.977 bits per heavy atom. The molecule has 0 unspecified atom stereocenters. The number of fused-ring (bicyclic) bond motifs is 2. The summed E-state index contributed by atoms with van der Waals surface area (Å²) in [5, 5.41) is 4.24. The monoisotopic (exact) mass is 617 g/mol. The average Bonchev–Trinajstić information content (AvgIpc) is 3.03. The Labute approximate surface area is 264 Å². The lowest BCUT2D eigenvalue weighted by molar-refractivity contribution is -0.132. The molecule has 44 heavy (non-hydrogen) atoms. The molecule has 0 saturated carbocycles. The average molecular weight is 618 g/mol. The van der Waals surface area contributed by atoms with Gasteiger partial charge in [0.2, 0.25) is 5.91 Å². The molecule has 0 aliphatic carbocycles. The molecule has 2 bridgehead atoms. The molecule has 0 radical (unpaired) electrons. The molecule has 1 saturated heterocycles. The highest BCUT2D eigenvalue weighted by Gasteiger charge is 2.39. The summed E-state index contributed by atoms with van der Waals surface area (Å²) in [5.41, 5.74) is 4.89. The van der Waals surface area contributed by atoms with Crippen LogP contribution in [-0.2, 0) is 22.6 Å². The van der Waals surface area contributed by atoms with E-state index >= 15 is 0 Å². The Bertz CT molecular complexity index is 1500. The van der Waals surface area contributed by atoms with Crippen LogP contribution < -0.4 is 19.5 Å². The number of methoxy groups -OCH3 is 2. The molecule has 2 aliphatic rings. The summed E-state index contributed by atoms with van der Waals surface area (Å²) in [5.74, 6) is 1.99. The molecule has 2 amide bonds. The van der Waals surface area contributed by atoms with E-state index in [-0.39, 0.29) is 23.9 Å². The molecule has 2 atom stereocenters. The fourth-order valence-electron chi connectivity index (χ4n) is 6.03. The first kappa shape index (κ1) is 31.4. The SMILES string of the molecule is COc1cc(CN(C)C(=O)C2=C(c3ccc(CCCOc4ccccc4Cl)cc3)C[C@@H]3CN(C(C)=O)C[C@H]2N3)cc(OC)c1. The Morgan fingerprint density at radius 2 is 1.68 bits per heavy atom. The van der Waals surface area contributed by atoms with Gasteiger partial charge in [-0.05, 0) is 65.8 Å². The van der Waals surface area contributed by atoms with Gasteiger partial charge in [0.15, 0.2) is 0 Å². The molecule has 0 aromatic heterocycles. The number of hydrogen-bond donors (Lipinski definition) is 1. The van der Waals surface area contributed by atoms with Gasteiger partial charge < -0.3 is 29.3 Å². The van der Waals surface area contributed by atoms with Crippen molar-refractivity contribution in [3.8, 4) is 17.2 Å². The number of carbonyl (C=O) groups is 2. The van der Waals surface area contributed by atoms with Crippen molar-refractivity contribution < 1.29 is 23.8 Å². The largest absolute Gasteiger partial charge is 0.497 e. The van der Waals surface area contributed by atoms with Gasteiger partial charge in [-0.2, -0.15) is 0 Å². The van der Waals surface area contributed by atoms with E-state index in [0.717, 1.165) is 29.5 Å². The molecule has 3 aromatic carbocycles. The molecule has 3 aromatic rings. The highest BCUT2D eigenvalue weighted by Crippen LogP contribution is 2.35. The zero-order chi connectivity index (χ0) is 31.2. The second-order valence-corrected chi connectivity index (χ2v) is 11.8. The zero-order valence-electron chi connectivity index (χ0n) is 25.8. The van der Waals surface area contributed by atoms with Crippen LogP contribution in [0.3, 0.4) is 0 Å². The van der Waals surface area contributed by atoms with Crippen molar-refractivity contribution in [3.05, 3.63) is 94.0 Å². The summed E-state index contributed by atoms with van der Waals surface area (Å²) < 4.78 is 16.7. The lowest BCUT2D eigenvalue weighted by Gasteiger charge is -2.44. The van der Waals surface area contributed by atoms with Gasteiger partial charge in [0, 0.05) is 51.3 Å². The van der Waals surface area contributed by atoms with E-state index in [2.05, 4.69) is 29.6 Å². The third-order valence-corrected chi connectivity index (χ3v) is 8.58. The van der Waals surface area contributed by atoms with Crippen LogP contribution in [0.1, 0.15) is 36.5 Å². The Hall–Kier alpha value is -4.01. The molecule has 2 heterocycles. The second-order valence-electron chi connectivity index (χ2n) is 11.4. The number of hydrogen-bond acceptors (Lipinski definition) is 6. The first-order valence-corrected chi connectivity index (χ1v) is 15.3. The van der Waals surface area contributed by atoms with Crippen LogP contribution in [0.25, 0.3) is 5.57 Å². The number of rotatable bonds is 11. The third kappa shape index (κ3) is 7.37. The maximum atomic E-state index is 14.2. The molecule has 0 spiro atoms. The standard InChI is InChI=1S/C35H40ClN3O5/c1-23(40)39-21-27-18-30(26-13-11-24(12-14-26)8-7-15-44-33-10-6-5-9-31(33)36)34(32(22-39)37-27)35(41)38(2)20-25-16-28(42-3)19-29(17-25)43-4/h5-6,9-14,16-17,19,27,32,37H,7-8,15,18,20-22H2,1-4H3/t27-,32-/m1/s1. The number of para-hydroxylation sites is 1. The fourth-order valence-corrected chi connectivity index (χ4v) is 6.22. The number of ether oxygens (including phenoxy) is 3. The summed E-state index contributed by atoms with van der Waals surface area (Å²) in [4.78, 5) is 30.1. The van der Waals surface area contributed by atoms with E-state index in [9.17, 15) is 9.59 Å². The van der Waals surface area contributed by atoms with Gasteiger partial charge in [-0.25, -0.2) is 0 Å². The molecule has 232 valence electrons. The molecule has 1 fully saturated rings. The summed E-state index contributed by atoms with van der Waals surface area (Å²) in [6.07, 6.45) is 2.38. The zero-order valence-corrected chi connectivity index (χ0v) is 26.5. The summed E-state index contributed by atoms with van der Waals surface area (Å²) >= 11 is 6.20. The quantitative estimate of drug-likeness (QED) is 0.291. The van der Waals surface area contributed by atoms with Crippen molar-refractivity contribution >= 4 is 29.0 Å². The van der Waals surface area contributed by atoms with Crippen LogP contribution in [0, 0.1) is 0 Å². The van der Waals surface area contributed by atoms with E-state index in [1.807, 2.05) is 54.4 Å². The van der Waals surface area contributed by atoms with Crippen LogP contribution in [0.15, 0.2) is 72.3 Å². The van der Waals surface area contributed by atoms with Crippen LogP contribution in [0.5, 0.6) is 17.2 Å². The second kappa shape index (κ2) is 14.2. The minimum Gasteiger partial charge on any atom is -0.497 e. The first-order valence-electron chi connectivity index (χ1n) is 14.9. The summed E-state index contributed by atoms with van der Waals surface area (Å²) in [7, 11) is 5.03. The van der Waals surface area contributed by atoms with E-state index in [4.69, 9.17) is 25.8 Å². The van der Waals surface area contributed by atoms with Crippen molar-refractivity contribution in [2.24, 2.45) is 0 Å². The molecule has 2 aliphatic heterocycles. The van der Waals surface area contributed by atoms with Crippen molar-refractivity contribution in [2.75, 3.05) is 41.0 Å². The molecule has 9 heteroatoms. The lowest BCUT2D eigenvalue weighted by atomic mass is 9.82. The van der Waals surface area contributed by atoms with Gasteiger partial charge in [-0.15, -0.1) is 0 Å². The first-order chi connectivity index (χ1) is 21.2. The smallest absolute Gasteiger partial charge is 0.251 e. The van der Waals surface area contributed by atoms with Crippen molar-refractivity contribution in [3.63, 3.8) is 0 Å². The Morgan fingerprint density at radius 3 is 2.34 bits per heavy atom. The number of likely N-dealkylation sites (N-methyl/N-ethyl adjacent to an activating group) is 1. The molecule has 5 rings (SSSR count). The molecular formula is C35H40ClN3O5. The van der Waals surface area contributed by atoms with Crippen molar-refractivity contribution in [2.45, 2.75) is 44.8 Å². The number of carbonyl (C=O) groups excluding carboxylic acids is 2. The number of halogens is 1. The number of aryl methyl sites for hydroxylation is 1. The number of piperazine rings is 1. The maximum Gasteiger partial charge on any atom is 0.251 e. The van der Waals surface area contributed by atoms with Crippen LogP contribution >= 0.6 is 11.6 Å². The van der Waals surface area contributed by atoms with Crippen LogP contribution in [-0.4, -0.2) is 74.7 Å². The Kier molecular flexibility index (Phi) is 10.1. The number of amides is 2. The van der Waals surface area contributed by atoms with E-state index in [1.54, 1.807) is 26.0 Å². The molecule has 1 N–H and O–H groups in total. The van der Waals surface area contributed by atoms with E-state index in [1.165, 1.54) is 5.56 Å². The minimum atomic E-state index is -0.252. The third-order valence-electron chi connectivity index (χ3n) is 8.26. The predicted molar refractivity (Wildman–Crippen MR) is 172 cm³/mol. The van der Waals surface area contributed by atoms with Gasteiger partial charge in [0.25, 0.3) is 5.91 Å². The van der Waals surface area contributed by atoms with Gasteiger partial charge in [0.05, 0.1) is 31.9 Å². The van der Waals surface area contributed by atoms with Gasteiger partial charge in [-0.1, -0.05) is 48.0 Å². The van der Waals surface area contributed by atoms with Crippen LogP contribution in [0.2, 0.25) is 5.02 Å². The van der Waals surface area contributed by atoms with Crippen molar-refractivity contribution in [1.29, 1.82) is 0 Å². The highest BCUT2D eigenvalue weighted by atomic mass is 35.5. The van der Waals surface area contributed by atoms with Gasteiger partial charge >= 0.3 is 0 Å². The predicted octanol–water partition coefficient (Wildman–Crippen LogP) is 5.37. The minimum absolute atomic E-state index is 0.0245. The van der Waals surface area contributed by atoms with E-state index in [0.29, 0.717) is 60.5 Å². The molecular weight excluding hydrogens is 578 g/mol. The number of nitrogens with zero attached hydrogens (tertiary/aromatic N) is 2. The van der Waals surface area contributed by atoms with Gasteiger partial charge in [0.1, 0.15) is 17.2 Å². The highest BCUT2D eigenvalue weighted by molar-refractivity contribution is 6.32. The topological polar surface area (TPSA) is 80.3 Å². The number of benzene rings is 3.